The van der Waals surface area contributed by atoms with Gasteiger partial charge in [-0.3, -0.25) is 0 Å². The highest BCUT2D eigenvalue weighted by Crippen LogP contribution is 2.44. The zero-order valence-corrected chi connectivity index (χ0v) is 19.0. The molecule has 0 bridgehead atoms. The Balaban J connectivity index is 1.50. The molecule has 0 radical (unpaired) electrons. The van der Waals surface area contributed by atoms with Crippen LogP contribution >= 0.6 is 11.6 Å². The number of anilines is 1. The van der Waals surface area contributed by atoms with E-state index < -0.39 is 11.8 Å². The second-order valence-electron chi connectivity index (χ2n) is 8.20. The number of benzene rings is 3. The summed E-state index contributed by atoms with van der Waals surface area (Å²) in [5.41, 5.74) is 4.79. The molecule has 0 unspecified atom stereocenters. The summed E-state index contributed by atoms with van der Waals surface area (Å²) in [5, 5.41) is 7.51. The Morgan fingerprint density at radius 3 is 2.33 bits per heavy atom. The second kappa shape index (κ2) is 8.30. The summed E-state index contributed by atoms with van der Waals surface area (Å²) in [6.45, 7) is 3.65. The van der Waals surface area contributed by atoms with E-state index in [4.69, 9.17) is 21.1 Å². The van der Waals surface area contributed by atoms with Crippen molar-refractivity contribution in [1.29, 1.82) is 0 Å². The van der Waals surface area contributed by atoms with Crippen LogP contribution in [0.15, 0.2) is 79.0 Å². The lowest BCUT2D eigenvalue weighted by atomic mass is 10.0. The summed E-state index contributed by atoms with van der Waals surface area (Å²) in [6, 6.07) is 22.8. The summed E-state index contributed by atoms with van der Waals surface area (Å²) < 4.78 is 13.0. The van der Waals surface area contributed by atoms with Gasteiger partial charge in [-0.1, -0.05) is 60.7 Å². The maximum atomic E-state index is 13.2. The van der Waals surface area contributed by atoms with Gasteiger partial charge >= 0.3 is 6.03 Å². The number of rotatable bonds is 4. The maximum absolute atomic E-state index is 13.2. The number of halogens is 1. The summed E-state index contributed by atoms with van der Waals surface area (Å²) in [4.78, 5) is 13.2. The Morgan fingerprint density at radius 2 is 1.67 bits per heavy atom. The van der Waals surface area contributed by atoms with E-state index in [1.165, 1.54) is 4.68 Å². The van der Waals surface area contributed by atoms with E-state index in [1.54, 1.807) is 18.3 Å². The number of alkyl halides is 1. The molecule has 0 atom stereocenters. The summed E-state index contributed by atoms with van der Waals surface area (Å²) in [7, 11) is 0. The minimum absolute atomic E-state index is 0.226. The Labute approximate surface area is 196 Å². The van der Waals surface area contributed by atoms with Crippen molar-refractivity contribution in [3.8, 4) is 33.9 Å². The Bertz CT molecular complexity index is 1260. The Morgan fingerprint density at radius 1 is 1.00 bits per heavy atom. The van der Waals surface area contributed by atoms with Gasteiger partial charge in [-0.25, -0.2) is 4.79 Å². The van der Waals surface area contributed by atoms with Crippen molar-refractivity contribution in [1.82, 2.24) is 9.78 Å². The molecule has 1 aliphatic heterocycles. The molecule has 33 heavy (non-hydrogen) atoms. The lowest BCUT2D eigenvalue weighted by Crippen LogP contribution is -2.29. The number of hydrogen-bond acceptors (Lipinski definition) is 4. The SMILES string of the molecule is CC1(C)Oc2cc(NC(=O)n3cc(-c4ccccc4)c(-c4ccccc4)n3)cc(CCl)c2O1. The standard InChI is InChI=1S/C26H22ClN3O3/c1-26(2)32-22-14-20(13-19(15-27)24(22)33-26)28-25(31)30-16-21(17-9-5-3-6-10-17)23(29-30)18-11-7-4-8-12-18/h3-14,16H,15H2,1-2H3,(H,28,31). The first-order valence-electron chi connectivity index (χ1n) is 10.6. The highest BCUT2D eigenvalue weighted by Gasteiger charge is 2.34. The van der Waals surface area contributed by atoms with Crippen molar-refractivity contribution in [3.05, 3.63) is 84.6 Å². The fraction of sp³-hybridized carbons (Fsp3) is 0.154. The molecule has 1 aromatic heterocycles. The van der Waals surface area contributed by atoms with Crippen LogP contribution in [0, 0.1) is 0 Å². The maximum Gasteiger partial charge on any atom is 0.346 e. The smallest absolute Gasteiger partial charge is 0.346 e. The van der Waals surface area contributed by atoms with Gasteiger partial charge in [0.05, 0.1) is 5.88 Å². The predicted molar refractivity (Wildman–Crippen MR) is 129 cm³/mol. The van der Waals surface area contributed by atoms with Crippen LogP contribution < -0.4 is 14.8 Å². The number of carbonyl (C=O) groups is 1. The largest absolute Gasteiger partial charge is 0.449 e. The van der Waals surface area contributed by atoms with Gasteiger partial charge < -0.3 is 14.8 Å². The van der Waals surface area contributed by atoms with Gasteiger partial charge in [0.25, 0.3) is 0 Å². The van der Waals surface area contributed by atoms with Crippen molar-refractivity contribution < 1.29 is 14.3 Å². The van der Waals surface area contributed by atoms with Crippen molar-refractivity contribution in [3.63, 3.8) is 0 Å². The van der Waals surface area contributed by atoms with E-state index in [1.807, 2.05) is 74.5 Å². The normalized spacial score (nSPS) is 13.7. The van der Waals surface area contributed by atoms with Crippen LogP contribution in [0.3, 0.4) is 0 Å². The third-order valence-corrected chi connectivity index (χ3v) is 5.57. The van der Waals surface area contributed by atoms with Crippen LogP contribution in [0.5, 0.6) is 11.5 Å². The molecule has 7 heteroatoms. The van der Waals surface area contributed by atoms with E-state index >= 15 is 0 Å². The Kier molecular flexibility index (Phi) is 5.30. The number of aromatic nitrogens is 2. The molecule has 0 saturated heterocycles. The van der Waals surface area contributed by atoms with E-state index in [-0.39, 0.29) is 5.88 Å². The average molecular weight is 460 g/mol. The van der Waals surface area contributed by atoms with Crippen LogP contribution in [0.25, 0.3) is 22.4 Å². The first-order valence-corrected chi connectivity index (χ1v) is 11.1. The summed E-state index contributed by atoms with van der Waals surface area (Å²) in [5.74, 6) is 0.584. The van der Waals surface area contributed by atoms with Gasteiger partial charge in [0, 0.05) is 48.5 Å². The van der Waals surface area contributed by atoms with Crippen molar-refractivity contribution >= 4 is 23.3 Å². The minimum atomic E-state index is -0.789. The van der Waals surface area contributed by atoms with Gasteiger partial charge in [0.1, 0.15) is 5.69 Å². The quantitative estimate of drug-likeness (QED) is 0.352. The number of nitrogens with zero attached hydrogens (tertiary/aromatic N) is 2. The molecule has 1 N–H and O–H groups in total. The van der Waals surface area contributed by atoms with Crippen molar-refractivity contribution in [2.24, 2.45) is 0 Å². The topological polar surface area (TPSA) is 65.4 Å². The van der Waals surface area contributed by atoms with Gasteiger partial charge in [0.15, 0.2) is 11.5 Å². The summed E-state index contributed by atoms with van der Waals surface area (Å²) >= 11 is 6.12. The number of carbonyl (C=O) groups excluding carboxylic acids is 1. The molecule has 1 amide bonds. The predicted octanol–water partition coefficient (Wildman–Crippen LogP) is 6.54. The Hall–Kier alpha value is -3.77. The zero-order valence-electron chi connectivity index (χ0n) is 18.2. The third kappa shape index (κ3) is 4.17. The molecule has 3 aromatic carbocycles. The number of amides is 1. The first kappa shape index (κ1) is 21.1. The second-order valence-corrected chi connectivity index (χ2v) is 8.47. The van der Waals surface area contributed by atoms with E-state index in [2.05, 4.69) is 10.4 Å². The molecular weight excluding hydrogens is 438 g/mol. The van der Waals surface area contributed by atoms with E-state index in [0.717, 1.165) is 27.9 Å². The molecule has 4 aromatic rings. The molecule has 0 aliphatic carbocycles. The molecule has 1 aliphatic rings. The van der Waals surface area contributed by atoms with Crippen molar-refractivity contribution in [2.45, 2.75) is 25.5 Å². The average Bonchev–Trinajstić information content (AvgIpc) is 3.40. The fourth-order valence-corrected chi connectivity index (χ4v) is 4.05. The van der Waals surface area contributed by atoms with Crippen molar-refractivity contribution in [2.75, 3.05) is 5.32 Å². The number of nitrogens with one attached hydrogen (secondary N) is 1. The van der Waals surface area contributed by atoms with Crippen LogP contribution in [0.1, 0.15) is 19.4 Å². The molecule has 5 rings (SSSR count). The first-order chi connectivity index (χ1) is 15.9. The number of ether oxygens (including phenoxy) is 2. The van der Waals surface area contributed by atoms with E-state index in [9.17, 15) is 4.79 Å². The highest BCUT2D eigenvalue weighted by atomic mass is 35.5. The van der Waals surface area contributed by atoms with Gasteiger partial charge in [0.2, 0.25) is 5.79 Å². The monoisotopic (exact) mass is 459 g/mol. The van der Waals surface area contributed by atoms with E-state index in [0.29, 0.717) is 17.2 Å². The molecule has 0 saturated carbocycles. The van der Waals surface area contributed by atoms with Gasteiger partial charge in [-0.2, -0.15) is 9.78 Å². The summed E-state index contributed by atoms with van der Waals surface area (Å²) in [6.07, 6.45) is 1.74. The minimum Gasteiger partial charge on any atom is -0.449 e. The van der Waals surface area contributed by atoms with Crippen LogP contribution in [-0.2, 0) is 5.88 Å². The zero-order chi connectivity index (χ0) is 23.0. The number of hydrogen-bond donors (Lipinski definition) is 1. The third-order valence-electron chi connectivity index (χ3n) is 5.28. The molecule has 2 heterocycles. The molecular formula is C26H22ClN3O3. The molecule has 0 spiro atoms. The van der Waals surface area contributed by atoms with Crippen LogP contribution in [-0.4, -0.2) is 21.6 Å². The highest BCUT2D eigenvalue weighted by molar-refractivity contribution is 6.17. The lowest BCUT2D eigenvalue weighted by molar-refractivity contribution is -0.0434. The van der Waals surface area contributed by atoms with Gasteiger partial charge in [-0.05, 0) is 11.6 Å². The van der Waals surface area contributed by atoms with Crippen LogP contribution in [0.4, 0.5) is 10.5 Å². The molecule has 0 fully saturated rings. The lowest BCUT2D eigenvalue weighted by Gasteiger charge is -2.16. The van der Waals surface area contributed by atoms with Crippen LogP contribution in [0.2, 0.25) is 0 Å². The number of fused-ring (bicyclic) bond motifs is 1. The van der Waals surface area contributed by atoms with Gasteiger partial charge in [-0.15, -0.1) is 11.6 Å². The fourth-order valence-electron chi connectivity index (χ4n) is 3.85. The molecule has 6 nitrogen and oxygen atoms in total. The molecule has 166 valence electrons.